The van der Waals surface area contributed by atoms with Crippen LogP contribution in [0.25, 0.3) is 10.4 Å². The molecule has 0 spiro atoms. The fourth-order valence-corrected chi connectivity index (χ4v) is 1.02. The highest BCUT2D eigenvalue weighted by Gasteiger charge is 2.11. The molecule has 1 aromatic carbocycles. The minimum absolute atomic E-state index is 0.0329. The minimum Gasteiger partial charge on any atom is -0.485 e. The van der Waals surface area contributed by atoms with E-state index >= 15 is 0 Å². The van der Waals surface area contributed by atoms with E-state index in [1.165, 1.54) is 7.11 Å². The average Bonchev–Trinajstić information content (AvgIpc) is 2.23. The predicted molar refractivity (Wildman–Crippen MR) is 52.5 cm³/mol. The zero-order chi connectivity index (χ0) is 12.0. The number of ether oxygens (including phenoxy) is 2. The predicted octanol–water partition coefficient (Wildman–Crippen LogP) is 2.93. The van der Waals surface area contributed by atoms with Crippen LogP contribution in [0.5, 0.6) is 5.75 Å². The monoisotopic (exact) mass is 229 g/mol. The Morgan fingerprint density at radius 3 is 2.44 bits per heavy atom. The molecule has 7 heteroatoms. The molecule has 0 aliphatic carbocycles. The van der Waals surface area contributed by atoms with E-state index in [0.717, 1.165) is 12.1 Å². The van der Waals surface area contributed by atoms with Gasteiger partial charge in [-0.2, -0.15) is 0 Å². The first-order chi connectivity index (χ1) is 7.69. The molecule has 0 saturated carbocycles. The molecule has 0 atom stereocenters. The summed E-state index contributed by atoms with van der Waals surface area (Å²) < 4.78 is 36.0. The van der Waals surface area contributed by atoms with Crippen molar-refractivity contribution in [1.29, 1.82) is 0 Å². The van der Waals surface area contributed by atoms with Gasteiger partial charge in [0.2, 0.25) is 0 Å². The van der Waals surface area contributed by atoms with E-state index in [9.17, 15) is 8.78 Å². The van der Waals surface area contributed by atoms with E-state index in [-0.39, 0.29) is 18.9 Å². The summed E-state index contributed by atoms with van der Waals surface area (Å²) in [4.78, 5) is 2.42. The van der Waals surface area contributed by atoms with Gasteiger partial charge >= 0.3 is 0 Å². The number of halogens is 2. The van der Waals surface area contributed by atoms with Crippen molar-refractivity contribution in [3.8, 4) is 5.75 Å². The molecule has 16 heavy (non-hydrogen) atoms. The van der Waals surface area contributed by atoms with E-state index < -0.39 is 17.4 Å². The highest BCUT2D eigenvalue weighted by molar-refractivity contribution is 5.43. The Labute approximate surface area is 90.2 Å². The molecule has 0 fully saturated rings. The van der Waals surface area contributed by atoms with Gasteiger partial charge < -0.3 is 9.47 Å². The zero-order valence-corrected chi connectivity index (χ0v) is 8.48. The number of hydrogen-bond donors (Lipinski definition) is 0. The Morgan fingerprint density at radius 2 is 1.94 bits per heavy atom. The van der Waals surface area contributed by atoms with Crippen molar-refractivity contribution in [1.82, 2.24) is 0 Å². The van der Waals surface area contributed by atoms with Crippen LogP contribution in [0.3, 0.4) is 0 Å². The van der Waals surface area contributed by atoms with Crippen LogP contribution in [-0.2, 0) is 4.74 Å². The molecule has 0 bridgehead atoms. The third-order valence-electron chi connectivity index (χ3n) is 1.68. The van der Waals surface area contributed by atoms with Gasteiger partial charge in [-0.15, -0.1) is 0 Å². The van der Waals surface area contributed by atoms with Crippen LogP contribution < -0.4 is 4.74 Å². The van der Waals surface area contributed by atoms with Gasteiger partial charge in [-0.1, -0.05) is 5.11 Å². The van der Waals surface area contributed by atoms with Crippen LogP contribution in [0.4, 0.5) is 14.5 Å². The highest BCUT2D eigenvalue weighted by atomic mass is 19.1. The lowest BCUT2D eigenvalue weighted by atomic mass is 10.3. The molecule has 0 aromatic heterocycles. The summed E-state index contributed by atoms with van der Waals surface area (Å²) >= 11 is 0. The molecule has 0 amide bonds. The Hall–Kier alpha value is -1.85. The van der Waals surface area contributed by atoms with Gasteiger partial charge in [-0.3, -0.25) is 0 Å². The summed E-state index contributed by atoms with van der Waals surface area (Å²) in [6.07, 6.45) is 0. The van der Waals surface area contributed by atoms with Crippen molar-refractivity contribution in [2.45, 2.75) is 0 Å². The van der Waals surface area contributed by atoms with Crippen LogP contribution in [0, 0.1) is 11.6 Å². The van der Waals surface area contributed by atoms with E-state index in [1.54, 1.807) is 0 Å². The molecule has 0 radical (unpaired) electrons. The normalized spacial score (nSPS) is 9.69. The van der Waals surface area contributed by atoms with Gasteiger partial charge in [0, 0.05) is 17.7 Å². The first kappa shape index (κ1) is 12.2. The lowest BCUT2D eigenvalue weighted by Crippen LogP contribution is -2.06. The van der Waals surface area contributed by atoms with Crippen LogP contribution in [0.15, 0.2) is 17.2 Å². The van der Waals surface area contributed by atoms with Gasteiger partial charge in [0.1, 0.15) is 6.61 Å². The summed E-state index contributed by atoms with van der Waals surface area (Å²) in [5.41, 5.74) is 7.97. The fraction of sp³-hybridized carbons (Fsp3) is 0.333. The number of benzene rings is 1. The van der Waals surface area contributed by atoms with Crippen molar-refractivity contribution in [2.24, 2.45) is 5.11 Å². The number of hydrogen-bond acceptors (Lipinski definition) is 3. The maximum atomic E-state index is 13.3. The first-order valence-corrected chi connectivity index (χ1v) is 4.35. The summed E-state index contributed by atoms with van der Waals surface area (Å²) in [7, 11) is 1.45. The van der Waals surface area contributed by atoms with Crippen LogP contribution in [-0.4, -0.2) is 20.3 Å². The van der Waals surface area contributed by atoms with Gasteiger partial charge in [-0.25, -0.2) is 8.78 Å². The minimum atomic E-state index is -0.918. The zero-order valence-electron chi connectivity index (χ0n) is 8.48. The van der Waals surface area contributed by atoms with E-state index in [1.807, 2.05) is 0 Å². The largest absolute Gasteiger partial charge is 0.485 e. The van der Waals surface area contributed by atoms with Gasteiger partial charge in [-0.05, 0) is 17.7 Å². The number of azide groups is 1. The quantitative estimate of drug-likeness (QED) is 0.337. The van der Waals surface area contributed by atoms with E-state index in [4.69, 9.17) is 10.3 Å². The Bertz CT molecular complexity index is 396. The van der Waals surface area contributed by atoms with Gasteiger partial charge in [0.05, 0.1) is 6.61 Å². The Kier molecular flexibility index (Phi) is 4.50. The molecular formula is C9H9F2N3O2. The number of methoxy groups -OCH3 is 1. The van der Waals surface area contributed by atoms with Gasteiger partial charge in [0.15, 0.2) is 17.4 Å². The Balaban J connectivity index is 2.89. The summed E-state index contributed by atoms with van der Waals surface area (Å²) in [5.74, 6) is -2.34. The highest BCUT2D eigenvalue weighted by Crippen LogP contribution is 2.27. The molecule has 0 aliphatic heterocycles. The van der Waals surface area contributed by atoms with Crippen LogP contribution in [0.1, 0.15) is 0 Å². The second-order valence-corrected chi connectivity index (χ2v) is 2.77. The molecule has 0 N–H and O–H groups in total. The van der Waals surface area contributed by atoms with Crippen molar-refractivity contribution in [2.75, 3.05) is 20.3 Å². The average molecular weight is 229 g/mol. The lowest BCUT2D eigenvalue weighted by molar-refractivity contribution is 0.141. The maximum Gasteiger partial charge on any atom is 0.190 e. The smallest absolute Gasteiger partial charge is 0.190 e. The standard InChI is InChI=1S/C9H9F2N3O2/c1-15-2-3-16-9-7(10)4-6(13-14-12)5-8(9)11/h4-5H,2-3H2,1H3. The van der Waals surface area contributed by atoms with Crippen molar-refractivity contribution < 1.29 is 18.3 Å². The van der Waals surface area contributed by atoms with Crippen molar-refractivity contribution in [3.63, 3.8) is 0 Å². The second kappa shape index (κ2) is 5.89. The second-order valence-electron chi connectivity index (χ2n) is 2.77. The first-order valence-electron chi connectivity index (χ1n) is 4.35. The molecule has 86 valence electrons. The number of rotatable bonds is 5. The Morgan fingerprint density at radius 1 is 1.31 bits per heavy atom. The van der Waals surface area contributed by atoms with Crippen molar-refractivity contribution in [3.05, 3.63) is 34.2 Å². The maximum absolute atomic E-state index is 13.3. The number of nitrogens with zero attached hydrogens (tertiary/aromatic N) is 3. The topological polar surface area (TPSA) is 67.2 Å². The third-order valence-corrected chi connectivity index (χ3v) is 1.68. The lowest BCUT2D eigenvalue weighted by Gasteiger charge is -2.08. The van der Waals surface area contributed by atoms with Crippen LogP contribution >= 0.6 is 0 Å². The molecule has 5 nitrogen and oxygen atoms in total. The SMILES string of the molecule is COCCOc1c(F)cc(N=[N+]=[N-])cc1F. The van der Waals surface area contributed by atoms with E-state index in [0.29, 0.717) is 0 Å². The molecule has 0 saturated heterocycles. The molecule has 1 aromatic rings. The molecule has 0 heterocycles. The molecule has 0 unspecified atom stereocenters. The fourth-order valence-electron chi connectivity index (χ4n) is 1.02. The van der Waals surface area contributed by atoms with Crippen molar-refractivity contribution >= 4 is 5.69 Å². The van der Waals surface area contributed by atoms with Gasteiger partial charge in [0.25, 0.3) is 0 Å². The summed E-state index contributed by atoms with van der Waals surface area (Å²) in [6.45, 7) is 0.252. The van der Waals surface area contributed by atoms with Crippen LogP contribution in [0.2, 0.25) is 0 Å². The molecule has 0 aliphatic rings. The molecule has 1 rings (SSSR count). The summed E-state index contributed by atoms with van der Waals surface area (Å²) in [5, 5.41) is 3.09. The third kappa shape index (κ3) is 3.08. The molecular weight excluding hydrogens is 220 g/mol. The van der Waals surface area contributed by atoms with E-state index in [2.05, 4.69) is 14.8 Å². The summed E-state index contributed by atoms with van der Waals surface area (Å²) in [6, 6.07) is 1.79.